The van der Waals surface area contributed by atoms with Gasteiger partial charge < -0.3 is 10.1 Å². The van der Waals surface area contributed by atoms with Crippen molar-refractivity contribution in [3.8, 4) is 0 Å². The van der Waals surface area contributed by atoms with E-state index in [2.05, 4.69) is 47.5 Å². The summed E-state index contributed by atoms with van der Waals surface area (Å²) >= 11 is 0. The molecule has 0 aliphatic carbocycles. The lowest BCUT2D eigenvalue weighted by Crippen LogP contribution is -2.56. The number of hydrogen-bond donors (Lipinski definition) is 1. The molecule has 0 radical (unpaired) electrons. The highest BCUT2D eigenvalue weighted by atomic mass is 16.5. The first-order valence-electron chi connectivity index (χ1n) is 7.96. The number of nitrogens with one attached hydrogen (secondary N) is 1. The minimum Gasteiger partial charge on any atom is -0.377 e. The molecule has 1 aromatic carbocycles. The minimum absolute atomic E-state index is 0.450. The van der Waals surface area contributed by atoms with E-state index in [1.54, 1.807) is 0 Å². The molecule has 1 aromatic rings. The van der Waals surface area contributed by atoms with Crippen molar-refractivity contribution in [2.24, 2.45) is 0 Å². The Hall–Kier alpha value is -0.900. The van der Waals surface area contributed by atoms with Gasteiger partial charge in [-0.15, -0.1) is 0 Å². The lowest BCUT2D eigenvalue weighted by Gasteiger charge is -2.39. The van der Waals surface area contributed by atoms with E-state index >= 15 is 0 Å². The van der Waals surface area contributed by atoms with Crippen LogP contribution in [0.4, 0.5) is 0 Å². The lowest BCUT2D eigenvalue weighted by atomic mass is 10.0. The number of rotatable bonds is 4. The standard InChI is InChI=1S/C17H26N2O/c1-14(17-8-5-11-20-17)19-10-9-18-16(13-19)12-15-6-3-2-4-7-15/h2-4,6-7,14,16-18H,5,8-13H2,1H3. The summed E-state index contributed by atoms with van der Waals surface area (Å²) in [5, 5.41) is 3.66. The molecule has 0 saturated carbocycles. The molecule has 0 aromatic heterocycles. The van der Waals surface area contributed by atoms with Crippen molar-refractivity contribution in [3.63, 3.8) is 0 Å². The Balaban J connectivity index is 1.56. The Morgan fingerprint density at radius 3 is 2.95 bits per heavy atom. The summed E-state index contributed by atoms with van der Waals surface area (Å²) in [6, 6.07) is 11.9. The fourth-order valence-corrected chi connectivity index (χ4v) is 3.47. The van der Waals surface area contributed by atoms with Gasteiger partial charge in [0.15, 0.2) is 0 Å². The van der Waals surface area contributed by atoms with Crippen molar-refractivity contribution in [3.05, 3.63) is 35.9 Å². The average molecular weight is 274 g/mol. The van der Waals surface area contributed by atoms with Gasteiger partial charge in [-0.05, 0) is 31.7 Å². The first-order chi connectivity index (χ1) is 9.83. The molecule has 0 bridgehead atoms. The van der Waals surface area contributed by atoms with E-state index in [1.165, 1.54) is 18.4 Å². The molecule has 0 amide bonds. The second kappa shape index (κ2) is 6.70. The molecule has 3 atom stereocenters. The van der Waals surface area contributed by atoms with E-state index in [4.69, 9.17) is 4.74 Å². The normalized spacial score (nSPS) is 29.4. The van der Waals surface area contributed by atoms with Gasteiger partial charge in [-0.3, -0.25) is 4.90 Å². The molecule has 20 heavy (non-hydrogen) atoms. The van der Waals surface area contributed by atoms with E-state index in [9.17, 15) is 0 Å². The monoisotopic (exact) mass is 274 g/mol. The van der Waals surface area contributed by atoms with Crippen molar-refractivity contribution in [1.29, 1.82) is 0 Å². The Bertz CT molecular complexity index is 403. The minimum atomic E-state index is 0.450. The third kappa shape index (κ3) is 3.40. The fraction of sp³-hybridized carbons (Fsp3) is 0.647. The third-order valence-electron chi connectivity index (χ3n) is 4.69. The summed E-state index contributed by atoms with van der Waals surface area (Å²) in [7, 11) is 0. The molecule has 2 saturated heterocycles. The molecule has 2 aliphatic rings. The molecular weight excluding hydrogens is 248 g/mol. The summed E-state index contributed by atoms with van der Waals surface area (Å²) in [5.74, 6) is 0. The molecule has 2 fully saturated rings. The zero-order chi connectivity index (χ0) is 13.8. The van der Waals surface area contributed by atoms with Crippen molar-refractivity contribution in [2.45, 2.75) is 44.4 Å². The quantitative estimate of drug-likeness (QED) is 0.909. The van der Waals surface area contributed by atoms with Gasteiger partial charge in [0.25, 0.3) is 0 Å². The summed E-state index contributed by atoms with van der Waals surface area (Å²) in [6.45, 7) is 6.66. The largest absolute Gasteiger partial charge is 0.377 e. The number of hydrogen-bond acceptors (Lipinski definition) is 3. The van der Waals surface area contributed by atoms with Crippen molar-refractivity contribution in [2.75, 3.05) is 26.2 Å². The van der Waals surface area contributed by atoms with Crippen molar-refractivity contribution >= 4 is 0 Å². The highest BCUT2D eigenvalue weighted by Gasteiger charge is 2.30. The van der Waals surface area contributed by atoms with Gasteiger partial charge in [-0.2, -0.15) is 0 Å². The zero-order valence-electron chi connectivity index (χ0n) is 12.4. The third-order valence-corrected chi connectivity index (χ3v) is 4.69. The van der Waals surface area contributed by atoms with Crippen LogP contribution in [0.1, 0.15) is 25.3 Å². The van der Waals surface area contributed by atoms with Crippen LogP contribution in [0.5, 0.6) is 0 Å². The molecule has 2 aliphatic heterocycles. The van der Waals surface area contributed by atoms with Crippen LogP contribution in [-0.2, 0) is 11.2 Å². The van der Waals surface area contributed by atoms with Crippen molar-refractivity contribution < 1.29 is 4.74 Å². The second-order valence-corrected chi connectivity index (χ2v) is 6.13. The molecule has 3 heteroatoms. The topological polar surface area (TPSA) is 24.5 Å². The van der Waals surface area contributed by atoms with E-state index in [0.717, 1.165) is 32.7 Å². The van der Waals surface area contributed by atoms with Gasteiger partial charge in [-0.1, -0.05) is 30.3 Å². The number of nitrogens with zero attached hydrogens (tertiary/aromatic N) is 1. The van der Waals surface area contributed by atoms with Crippen LogP contribution >= 0.6 is 0 Å². The first kappa shape index (κ1) is 14.1. The molecule has 3 rings (SSSR count). The molecule has 2 heterocycles. The fourth-order valence-electron chi connectivity index (χ4n) is 3.47. The van der Waals surface area contributed by atoms with Gasteiger partial charge in [0, 0.05) is 38.3 Å². The van der Waals surface area contributed by atoms with E-state index in [1.807, 2.05) is 0 Å². The summed E-state index contributed by atoms with van der Waals surface area (Å²) in [6.07, 6.45) is 4.03. The summed E-state index contributed by atoms with van der Waals surface area (Å²) < 4.78 is 5.86. The second-order valence-electron chi connectivity index (χ2n) is 6.13. The molecule has 3 nitrogen and oxygen atoms in total. The van der Waals surface area contributed by atoms with Crippen LogP contribution < -0.4 is 5.32 Å². The van der Waals surface area contributed by atoms with Gasteiger partial charge >= 0.3 is 0 Å². The molecule has 0 spiro atoms. The molecule has 1 N–H and O–H groups in total. The van der Waals surface area contributed by atoms with Crippen LogP contribution in [0, 0.1) is 0 Å². The van der Waals surface area contributed by atoms with Gasteiger partial charge in [0.2, 0.25) is 0 Å². The highest BCUT2D eigenvalue weighted by Crippen LogP contribution is 2.21. The van der Waals surface area contributed by atoms with Crippen LogP contribution in [0.2, 0.25) is 0 Å². The average Bonchev–Trinajstić information content (AvgIpc) is 3.02. The van der Waals surface area contributed by atoms with Crippen LogP contribution in [0.3, 0.4) is 0 Å². The van der Waals surface area contributed by atoms with Gasteiger partial charge in [-0.25, -0.2) is 0 Å². The van der Waals surface area contributed by atoms with Gasteiger partial charge in [0.05, 0.1) is 6.10 Å². The number of piperazine rings is 1. The molecule has 110 valence electrons. The van der Waals surface area contributed by atoms with Crippen LogP contribution in [-0.4, -0.2) is 49.3 Å². The SMILES string of the molecule is CC(C1CCCO1)N1CCNC(Cc2ccccc2)C1. The zero-order valence-corrected chi connectivity index (χ0v) is 12.4. The van der Waals surface area contributed by atoms with Crippen molar-refractivity contribution in [1.82, 2.24) is 10.2 Å². The Morgan fingerprint density at radius 1 is 1.35 bits per heavy atom. The van der Waals surface area contributed by atoms with Gasteiger partial charge in [0.1, 0.15) is 0 Å². The van der Waals surface area contributed by atoms with Crippen LogP contribution in [0.25, 0.3) is 0 Å². The predicted molar refractivity (Wildman–Crippen MR) is 81.9 cm³/mol. The number of benzene rings is 1. The summed E-state index contributed by atoms with van der Waals surface area (Å²) in [5.41, 5.74) is 1.43. The smallest absolute Gasteiger partial charge is 0.0728 e. The van der Waals surface area contributed by atoms with Crippen LogP contribution in [0.15, 0.2) is 30.3 Å². The predicted octanol–water partition coefficient (Wildman–Crippen LogP) is 2.07. The molecule has 3 unspecified atom stereocenters. The number of ether oxygens (including phenoxy) is 1. The maximum atomic E-state index is 5.86. The summed E-state index contributed by atoms with van der Waals surface area (Å²) in [4.78, 5) is 2.61. The lowest BCUT2D eigenvalue weighted by molar-refractivity contribution is 0.0199. The maximum Gasteiger partial charge on any atom is 0.0728 e. The Labute approximate surface area is 122 Å². The van der Waals surface area contributed by atoms with E-state index < -0.39 is 0 Å². The van der Waals surface area contributed by atoms with E-state index in [0.29, 0.717) is 18.2 Å². The highest BCUT2D eigenvalue weighted by molar-refractivity contribution is 5.16. The Kier molecular flexibility index (Phi) is 4.71. The van der Waals surface area contributed by atoms with E-state index in [-0.39, 0.29) is 0 Å². The molecular formula is C17H26N2O. The first-order valence-corrected chi connectivity index (χ1v) is 7.96. The Morgan fingerprint density at radius 2 is 2.20 bits per heavy atom. The maximum absolute atomic E-state index is 5.86.